The molecule has 0 aromatic heterocycles. The van der Waals surface area contributed by atoms with Crippen molar-refractivity contribution in [2.45, 2.75) is 12.5 Å². The van der Waals surface area contributed by atoms with Gasteiger partial charge in [0, 0.05) is 16.7 Å². The summed E-state index contributed by atoms with van der Waals surface area (Å²) in [7, 11) is 4.93. The summed E-state index contributed by atoms with van der Waals surface area (Å²) in [5.41, 5.74) is 3.21. The van der Waals surface area contributed by atoms with Gasteiger partial charge in [0.1, 0.15) is 6.61 Å². The highest BCUT2D eigenvalue weighted by Crippen LogP contribution is 2.39. The van der Waals surface area contributed by atoms with Crippen LogP contribution in [0.5, 0.6) is 23.0 Å². The maximum absolute atomic E-state index is 6.27. The molecular weight excluding hydrogens is 516 g/mol. The Morgan fingerprint density at radius 1 is 0.941 bits per heavy atom. The van der Waals surface area contributed by atoms with Crippen LogP contribution in [0.25, 0.3) is 0 Å². The van der Waals surface area contributed by atoms with Gasteiger partial charge in [-0.25, -0.2) is 0 Å². The van der Waals surface area contributed by atoms with Crippen molar-refractivity contribution >= 4 is 38.9 Å². The second-order valence-corrected chi connectivity index (χ2v) is 9.07. The van der Waals surface area contributed by atoms with E-state index in [4.69, 9.17) is 31.2 Å². The van der Waals surface area contributed by atoms with Gasteiger partial charge in [-0.1, -0.05) is 28.1 Å². The van der Waals surface area contributed by atoms with Crippen LogP contribution in [-0.4, -0.2) is 44.5 Å². The fourth-order valence-electron chi connectivity index (χ4n) is 4.09. The molecule has 3 aromatic carbocycles. The number of hydrogen-bond donors (Lipinski definition) is 1. The lowest BCUT2D eigenvalue weighted by molar-refractivity contribution is 0.185. The van der Waals surface area contributed by atoms with Gasteiger partial charge < -0.3 is 29.2 Å². The second-order valence-electron chi connectivity index (χ2n) is 7.76. The fraction of sp³-hybridized carbons (Fsp3) is 0.269. The lowest BCUT2D eigenvalue weighted by atomic mass is 9.92. The number of halogens is 1. The molecule has 1 aliphatic heterocycles. The largest absolute Gasteiger partial charge is 0.493 e. The number of hydrogen-bond acceptors (Lipinski definition) is 5. The van der Waals surface area contributed by atoms with Crippen LogP contribution < -0.4 is 24.3 Å². The lowest BCUT2D eigenvalue weighted by Gasteiger charge is -2.39. The highest BCUT2D eigenvalue weighted by molar-refractivity contribution is 9.10. The predicted octanol–water partition coefficient (Wildman–Crippen LogP) is 5.85. The molecule has 0 amide bonds. The Kier molecular flexibility index (Phi) is 7.80. The van der Waals surface area contributed by atoms with Crippen molar-refractivity contribution in [3.8, 4) is 23.0 Å². The van der Waals surface area contributed by atoms with E-state index >= 15 is 0 Å². The molecule has 6 nitrogen and oxygen atoms in total. The second kappa shape index (κ2) is 11.0. The van der Waals surface area contributed by atoms with Crippen molar-refractivity contribution in [3.05, 3.63) is 76.3 Å². The number of methoxy groups -OCH3 is 3. The molecule has 4 rings (SSSR count). The number of nitrogens with one attached hydrogen (secondary N) is 1. The van der Waals surface area contributed by atoms with Crippen LogP contribution in [0.15, 0.2) is 65.1 Å². The summed E-state index contributed by atoms with van der Waals surface area (Å²) in [6.07, 6.45) is 0.822. The van der Waals surface area contributed by atoms with E-state index in [0.29, 0.717) is 29.0 Å². The molecule has 34 heavy (non-hydrogen) atoms. The zero-order valence-corrected chi connectivity index (χ0v) is 21.7. The summed E-state index contributed by atoms with van der Waals surface area (Å²) in [5.74, 6) is 2.77. The number of anilines is 1. The van der Waals surface area contributed by atoms with Crippen molar-refractivity contribution in [3.63, 3.8) is 0 Å². The van der Waals surface area contributed by atoms with Gasteiger partial charge in [-0.3, -0.25) is 0 Å². The van der Waals surface area contributed by atoms with Crippen molar-refractivity contribution in [1.82, 2.24) is 4.90 Å². The predicted molar refractivity (Wildman–Crippen MR) is 142 cm³/mol. The molecular formula is C26H27BrN2O4S. The first kappa shape index (κ1) is 24.2. The Morgan fingerprint density at radius 3 is 2.26 bits per heavy atom. The molecule has 0 saturated carbocycles. The number of ether oxygens (including phenoxy) is 4. The summed E-state index contributed by atoms with van der Waals surface area (Å²) in [5, 5.41) is 4.01. The Labute approximate surface area is 213 Å². The standard InChI is InChI=1S/C26H27BrN2O4S/c1-30-22-6-4-5-7-23(22)33-16-21-20-15-25(32-3)24(31-2)14-17(20)12-13-29(21)26(34)28-19-10-8-18(27)9-11-19/h4-11,14-15,21H,12-13,16H2,1-3H3,(H,28,34). The third kappa shape index (κ3) is 5.23. The monoisotopic (exact) mass is 542 g/mol. The minimum atomic E-state index is -0.135. The van der Waals surface area contributed by atoms with Crippen LogP contribution >= 0.6 is 28.1 Å². The molecule has 0 bridgehead atoms. The molecule has 0 fully saturated rings. The molecule has 1 unspecified atom stereocenters. The minimum Gasteiger partial charge on any atom is -0.493 e. The molecule has 1 heterocycles. The molecule has 0 spiro atoms. The summed E-state index contributed by atoms with van der Waals surface area (Å²) >= 11 is 9.33. The van der Waals surface area contributed by atoms with Gasteiger partial charge in [-0.05, 0) is 78.3 Å². The van der Waals surface area contributed by atoms with Gasteiger partial charge in [0.15, 0.2) is 28.1 Å². The van der Waals surface area contributed by atoms with Crippen LogP contribution in [0.1, 0.15) is 17.2 Å². The summed E-state index contributed by atoms with van der Waals surface area (Å²) in [4.78, 5) is 2.17. The van der Waals surface area contributed by atoms with Crippen LogP contribution in [-0.2, 0) is 6.42 Å². The van der Waals surface area contributed by atoms with Crippen LogP contribution in [0, 0.1) is 0 Å². The minimum absolute atomic E-state index is 0.135. The van der Waals surface area contributed by atoms with E-state index in [1.165, 1.54) is 5.56 Å². The molecule has 1 aliphatic rings. The molecule has 8 heteroatoms. The third-order valence-corrected chi connectivity index (χ3v) is 6.69. The summed E-state index contributed by atoms with van der Waals surface area (Å²) < 4.78 is 23.9. The lowest BCUT2D eigenvalue weighted by Crippen LogP contribution is -2.44. The average Bonchev–Trinajstić information content (AvgIpc) is 2.87. The number of benzene rings is 3. The van der Waals surface area contributed by atoms with E-state index < -0.39 is 0 Å². The number of para-hydroxylation sites is 2. The maximum atomic E-state index is 6.27. The first-order valence-electron chi connectivity index (χ1n) is 10.9. The zero-order valence-electron chi connectivity index (χ0n) is 19.3. The van der Waals surface area contributed by atoms with Crippen LogP contribution in [0.3, 0.4) is 0 Å². The number of rotatable bonds is 7. The molecule has 0 aliphatic carbocycles. The number of thiocarbonyl (C=S) groups is 1. The Balaban J connectivity index is 1.66. The zero-order chi connectivity index (χ0) is 24.1. The molecule has 0 saturated heterocycles. The maximum Gasteiger partial charge on any atom is 0.174 e. The van der Waals surface area contributed by atoms with Gasteiger partial charge in [0.2, 0.25) is 0 Å². The molecule has 1 atom stereocenters. The number of fused-ring (bicyclic) bond motifs is 1. The van der Waals surface area contributed by atoms with E-state index in [1.54, 1.807) is 21.3 Å². The number of nitrogens with zero attached hydrogens (tertiary/aromatic N) is 1. The third-order valence-electron chi connectivity index (χ3n) is 5.82. The van der Waals surface area contributed by atoms with Gasteiger partial charge in [-0.15, -0.1) is 0 Å². The quantitative estimate of drug-likeness (QED) is 0.375. The van der Waals surface area contributed by atoms with E-state index in [0.717, 1.165) is 34.4 Å². The van der Waals surface area contributed by atoms with Gasteiger partial charge >= 0.3 is 0 Å². The molecule has 3 aromatic rings. The van der Waals surface area contributed by atoms with Crippen LogP contribution in [0.2, 0.25) is 0 Å². The topological polar surface area (TPSA) is 52.2 Å². The van der Waals surface area contributed by atoms with Crippen molar-refractivity contribution in [2.24, 2.45) is 0 Å². The molecule has 178 valence electrons. The highest BCUT2D eigenvalue weighted by atomic mass is 79.9. The van der Waals surface area contributed by atoms with Crippen LogP contribution in [0.4, 0.5) is 5.69 Å². The summed E-state index contributed by atoms with van der Waals surface area (Å²) in [6.45, 7) is 1.12. The summed E-state index contributed by atoms with van der Waals surface area (Å²) in [6, 6.07) is 19.5. The fourth-order valence-corrected chi connectivity index (χ4v) is 4.69. The average molecular weight is 543 g/mol. The first-order chi connectivity index (χ1) is 16.5. The van der Waals surface area contributed by atoms with Crippen molar-refractivity contribution in [1.29, 1.82) is 0 Å². The van der Waals surface area contributed by atoms with Gasteiger partial charge in [0.25, 0.3) is 0 Å². The van der Waals surface area contributed by atoms with E-state index in [2.05, 4.69) is 26.1 Å². The highest BCUT2D eigenvalue weighted by Gasteiger charge is 2.31. The van der Waals surface area contributed by atoms with E-state index in [9.17, 15) is 0 Å². The first-order valence-corrected chi connectivity index (χ1v) is 12.1. The molecule has 1 N–H and O–H groups in total. The molecule has 0 radical (unpaired) electrons. The van der Waals surface area contributed by atoms with Crippen molar-refractivity contribution < 1.29 is 18.9 Å². The van der Waals surface area contributed by atoms with Crippen molar-refractivity contribution in [2.75, 3.05) is 39.8 Å². The Morgan fingerprint density at radius 2 is 1.59 bits per heavy atom. The van der Waals surface area contributed by atoms with Gasteiger partial charge in [0.05, 0.1) is 27.4 Å². The van der Waals surface area contributed by atoms with E-state index in [1.807, 2.05) is 60.7 Å². The Bertz CT molecular complexity index is 1160. The van der Waals surface area contributed by atoms with Gasteiger partial charge in [-0.2, -0.15) is 0 Å². The Hall–Kier alpha value is -2.97. The normalized spacial score (nSPS) is 14.7. The van der Waals surface area contributed by atoms with E-state index in [-0.39, 0.29) is 6.04 Å². The smallest absolute Gasteiger partial charge is 0.174 e. The SMILES string of the molecule is COc1cc2c(cc1OC)C(COc1ccccc1OC)N(C(=S)Nc1ccc(Br)cc1)CC2.